The van der Waals surface area contributed by atoms with Crippen LogP contribution >= 0.6 is 0 Å². The maximum atomic E-state index is 11.2. The van der Waals surface area contributed by atoms with Crippen molar-refractivity contribution >= 4 is 5.91 Å². The van der Waals surface area contributed by atoms with E-state index in [1.165, 1.54) is 0 Å². The molecule has 0 saturated heterocycles. The number of amides is 1. The van der Waals surface area contributed by atoms with Gasteiger partial charge in [-0.1, -0.05) is 18.2 Å². The van der Waals surface area contributed by atoms with Crippen LogP contribution in [-0.4, -0.2) is 19.2 Å². The Morgan fingerprint density at radius 1 is 1.22 bits per heavy atom. The lowest BCUT2D eigenvalue weighted by Gasteiger charge is -2.15. The first kappa shape index (κ1) is 15.4. The third-order valence-electron chi connectivity index (χ3n) is 3.97. The molecule has 1 atom stereocenters. The van der Waals surface area contributed by atoms with Gasteiger partial charge < -0.3 is 20.5 Å². The summed E-state index contributed by atoms with van der Waals surface area (Å²) in [6, 6.07) is 13.6. The van der Waals surface area contributed by atoms with Crippen LogP contribution in [0.3, 0.4) is 0 Å². The topological polar surface area (TPSA) is 73.6 Å². The van der Waals surface area contributed by atoms with E-state index >= 15 is 0 Å². The Bertz CT molecular complexity index is 715. The summed E-state index contributed by atoms with van der Waals surface area (Å²) in [6.45, 7) is 3.20. The van der Waals surface area contributed by atoms with E-state index in [4.69, 9.17) is 15.2 Å². The molecule has 2 aromatic rings. The highest BCUT2D eigenvalue weighted by Gasteiger charge is 2.15. The minimum atomic E-state index is -0.395. The number of nitrogens with one attached hydrogen (secondary N) is 1. The Balaban J connectivity index is 1.56. The number of carbonyl (C=O) groups excluding carboxylic acids is 1. The SMILES string of the molecule is CC(NCCc1cccc(C(N)=O)c1)c1ccc2c(c1)OCO2. The molecule has 120 valence electrons. The number of rotatable bonds is 6. The Kier molecular flexibility index (Phi) is 4.48. The number of ether oxygens (including phenoxy) is 2. The van der Waals surface area contributed by atoms with Gasteiger partial charge in [0.15, 0.2) is 11.5 Å². The molecule has 1 aliphatic rings. The van der Waals surface area contributed by atoms with Crippen LogP contribution in [0.2, 0.25) is 0 Å². The second-order valence-electron chi connectivity index (χ2n) is 5.60. The number of nitrogens with two attached hydrogens (primary N) is 1. The lowest BCUT2D eigenvalue weighted by Crippen LogP contribution is -2.21. The molecule has 0 aromatic heterocycles. The van der Waals surface area contributed by atoms with Crippen LogP contribution in [0.5, 0.6) is 11.5 Å². The van der Waals surface area contributed by atoms with Gasteiger partial charge in [-0.2, -0.15) is 0 Å². The van der Waals surface area contributed by atoms with Gasteiger partial charge in [0.25, 0.3) is 0 Å². The third kappa shape index (κ3) is 3.63. The number of carbonyl (C=O) groups is 1. The van der Waals surface area contributed by atoms with E-state index in [0.717, 1.165) is 35.6 Å². The first-order valence-electron chi connectivity index (χ1n) is 7.65. The molecule has 0 bridgehead atoms. The molecule has 3 rings (SSSR count). The fraction of sp³-hybridized carbons (Fsp3) is 0.278. The molecule has 1 aliphatic heterocycles. The van der Waals surface area contributed by atoms with Crippen LogP contribution < -0.4 is 20.5 Å². The highest BCUT2D eigenvalue weighted by Crippen LogP contribution is 2.34. The van der Waals surface area contributed by atoms with Gasteiger partial charge in [-0.15, -0.1) is 0 Å². The lowest BCUT2D eigenvalue weighted by atomic mass is 10.1. The molecule has 0 aliphatic carbocycles. The van der Waals surface area contributed by atoms with Crippen LogP contribution in [0.4, 0.5) is 0 Å². The summed E-state index contributed by atoms with van der Waals surface area (Å²) < 4.78 is 10.7. The molecule has 1 unspecified atom stereocenters. The maximum Gasteiger partial charge on any atom is 0.248 e. The van der Waals surface area contributed by atoms with Crippen molar-refractivity contribution in [1.82, 2.24) is 5.32 Å². The minimum Gasteiger partial charge on any atom is -0.454 e. The Labute approximate surface area is 135 Å². The average Bonchev–Trinajstić information content (AvgIpc) is 3.02. The fourth-order valence-electron chi connectivity index (χ4n) is 2.61. The number of hydrogen-bond acceptors (Lipinski definition) is 4. The Morgan fingerprint density at radius 2 is 2.04 bits per heavy atom. The van der Waals surface area contributed by atoms with Crippen molar-refractivity contribution in [3.63, 3.8) is 0 Å². The summed E-state index contributed by atoms with van der Waals surface area (Å²) >= 11 is 0. The van der Waals surface area contributed by atoms with E-state index in [-0.39, 0.29) is 12.8 Å². The van der Waals surface area contributed by atoms with Gasteiger partial charge >= 0.3 is 0 Å². The van der Waals surface area contributed by atoms with E-state index in [2.05, 4.69) is 12.2 Å². The molecular formula is C18H20N2O3. The predicted molar refractivity (Wildman–Crippen MR) is 87.6 cm³/mol. The highest BCUT2D eigenvalue weighted by molar-refractivity contribution is 5.92. The number of fused-ring (bicyclic) bond motifs is 1. The molecule has 0 fully saturated rings. The predicted octanol–water partition coefficient (Wildman–Crippen LogP) is 2.41. The molecule has 0 saturated carbocycles. The van der Waals surface area contributed by atoms with E-state index in [1.54, 1.807) is 6.07 Å². The van der Waals surface area contributed by atoms with Gasteiger partial charge in [0, 0.05) is 11.6 Å². The summed E-state index contributed by atoms with van der Waals surface area (Å²) in [5, 5.41) is 3.47. The van der Waals surface area contributed by atoms with Crippen LogP contribution in [0.25, 0.3) is 0 Å². The number of hydrogen-bond donors (Lipinski definition) is 2. The molecule has 1 amide bonds. The number of benzene rings is 2. The second-order valence-corrected chi connectivity index (χ2v) is 5.60. The summed E-state index contributed by atoms with van der Waals surface area (Å²) in [5.74, 6) is 1.20. The van der Waals surface area contributed by atoms with Gasteiger partial charge in [0.05, 0.1) is 0 Å². The Hall–Kier alpha value is -2.53. The minimum absolute atomic E-state index is 0.198. The van der Waals surface area contributed by atoms with Crippen molar-refractivity contribution < 1.29 is 14.3 Å². The molecule has 0 radical (unpaired) electrons. The standard InChI is InChI=1S/C18H20N2O3/c1-12(14-5-6-16-17(10-14)23-11-22-16)20-8-7-13-3-2-4-15(9-13)18(19)21/h2-6,9-10,12,20H,7-8,11H2,1H3,(H2,19,21). The van der Waals surface area contributed by atoms with Gasteiger partial charge in [-0.25, -0.2) is 0 Å². The monoisotopic (exact) mass is 312 g/mol. The molecule has 5 nitrogen and oxygen atoms in total. The van der Waals surface area contributed by atoms with E-state index in [0.29, 0.717) is 5.56 Å². The summed E-state index contributed by atoms with van der Waals surface area (Å²) in [4.78, 5) is 11.2. The Morgan fingerprint density at radius 3 is 2.87 bits per heavy atom. The maximum absolute atomic E-state index is 11.2. The van der Waals surface area contributed by atoms with Crippen molar-refractivity contribution in [2.75, 3.05) is 13.3 Å². The van der Waals surface area contributed by atoms with Gasteiger partial charge in [0.1, 0.15) is 0 Å². The first-order chi connectivity index (χ1) is 11.1. The van der Waals surface area contributed by atoms with E-state index in [1.807, 2.05) is 36.4 Å². The summed E-state index contributed by atoms with van der Waals surface area (Å²) in [7, 11) is 0. The van der Waals surface area contributed by atoms with Crippen molar-refractivity contribution in [2.24, 2.45) is 5.73 Å². The van der Waals surface area contributed by atoms with Crippen molar-refractivity contribution in [2.45, 2.75) is 19.4 Å². The van der Waals surface area contributed by atoms with Crippen LogP contribution in [-0.2, 0) is 6.42 Å². The normalized spacial score (nSPS) is 13.8. The first-order valence-corrected chi connectivity index (χ1v) is 7.65. The lowest BCUT2D eigenvalue weighted by molar-refractivity contribution is 0.1000. The third-order valence-corrected chi connectivity index (χ3v) is 3.97. The zero-order chi connectivity index (χ0) is 16.2. The van der Waals surface area contributed by atoms with Crippen LogP contribution in [0, 0.1) is 0 Å². The van der Waals surface area contributed by atoms with Gasteiger partial charge in [-0.3, -0.25) is 4.79 Å². The summed E-state index contributed by atoms with van der Waals surface area (Å²) in [6.07, 6.45) is 0.829. The molecular weight excluding hydrogens is 292 g/mol. The van der Waals surface area contributed by atoms with Crippen molar-refractivity contribution in [1.29, 1.82) is 0 Å². The highest BCUT2D eigenvalue weighted by atomic mass is 16.7. The quantitative estimate of drug-likeness (QED) is 0.859. The largest absolute Gasteiger partial charge is 0.454 e. The molecule has 2 aromatic carbocycles. The van der Waals surface area contributed by atoms with Gasteiger partial charge in [-0.05, 0) is 55.3 Å². The van der Waals surface area contributed by atoms with Crippen LogP contribution in [0.1, 0.15) is 34.5 Å². The van der Waals surface area contributed by atoms with Crippen molar-refractivity contribution in [3.05, 3.63) is 59.2 Å². The zero-order valence-corrected chi connectivity index (χ0v) is 13.0. The van der Waals surface area contributed by atoms with Gasteiger partial charge in [0.2, 0.25) is 12.7 Å². The second kappa shape index (κ2) is 6.71. The summed E-state index contributed by atoms with van der Waals surface area (Å²) in [5.41, 5.74) is 8.09. The number of primary amides is 1. The average molecular weight is 312 g/mol. The smallest absolute Gasteiger partial charge is 0.248 e. The van der Waals surface area contributed by atoms with Crippen molar-refractivity contribution in [3.8, 4) is 11.5 Å². The van der Waals surface area contributed by atoms with E-state index < -0.39 is 5.91 Å². The fourth-order valence-corrected chi connectivity index (χ4v) is 2.61. The molecule has 3 N–H and O–H groups in total. The molecule has 0 spiro atoms. The molecule has 5 heteroatoms. The zero-order valence-electron chi connectivity index (χ0n) is 13.0. The van der Waals surface area contributed by atoms with E-state index in [9.17, 15) is 4.79 Å². The molecule has 1 heterocycles. The van der Waals surface area contributed by atoms with Crippen LogP contribution in [0.15, 0.2) is 42.5 Å². The molecule has 23 heavy (non-hydrogen) atoms.